The van der Waals surface area contributed by atoms with Crippen LogP contribution in [-0.4, -0.2) is 14.8 Å². The number of hydrogen-bond acceptors (Lipinski definition) is 4. The molecule has 0 saturated heterocycles. The number of amides is 1. The molecule has 0 bridgehead atoms. The van der Waals surface area contributed by atoms with Gasteiger partial charge >= 0.3 is 0 Å². The normalized spacial score (nSPS) is 11.0. The fourth-order valence-electron chi connectivity index (χ4n) is 2.69. The number of carbonyl (C=O) groups is 1. The largest absolute Gasteiger partial charge is 0.350 e. The molecule has 1 N–H and O–H groups in total. The van der Waals surface area contributed by atoms with Crippen LogP contribution in [-0.2, 0) is 17.9 Å². The monoisotopic (exact) mass is 341 g/mol. The number of pyridine rings is 1. The lowest BCUT2D eigenvalue weighted by Crippen LogP contribution is -2.30. The number of fused-ring (bicyclic) bond motifs is 1. The molecule has 3 aromatic rings. The van der Waals surface area contributed by atoms with Crippen molar-refractivity contribution in [2.24, 2.45) is 0 Å². The fourth-order valence-corrected chi connectivity index (χ4v) is 3.78. The van der Waals surface area contributed by atoms with E-state index in [0.717, 1.165) is 22.4 Å². The van der Waals surface area contributed by atoms with Crippen LogP contribution < -0.4 is 10.9 Å². The lowest BCUT2D eigenvalue weighted by Gasteiger charge is -2.07. The number of aromatic nitrogens is 2. The minimum Gasteiger partial charge on any atom is -0.350 e. The van der Waals surface area contributed by atoms with Crippen LogP contribution in [0.15, 0.2) is 35.1 Å². The maximum Gasteiger partial charge on any atom is 0.270 e. The van der Waals surface area contributed by atoms with E-state index in [1.54, 1.807) is 0 Å². The van der Waals surface area contributed by atoms with Gasteiger partial charge in [0.1, 0.15) is 11.4 Å². The van der Waals surface area contributed by atoms with Crippen molar-refractivity contribution in [3.63, 3.8) is 0 Å². The van der Waals surface area contributed by atoms with Crippen LogP contribution in [0, 0.1) is 20.8 Å². The summed E-state index contributed by atoms with van der Waals surface area (Å²) in [5.41, 5.74) is 3.83. The summed E-state index contributed by atoms with van der Waals surface area (Å²) < 4.78 is 1.47. The lowest BCUT2D eigenvalue weighted by molar-refractivity contribution is -0.121. The van der Waals surface area contributed by atoms with E-state index in [0.29, 0.717) is 16.8 Å². The molecule has 24 heavy (non-hydrogen) atoms. The predicted octanol–water partition coefficient (Wildman–Crippen LogP) is 2.70. The molecule has 3 rings (SSSR count). The zero-order valence-corrected chi connectivity index (χ0v) is 14.7. The Balaban J connectivity index is 1.76. The van der Waals surface area contributed by atoms with E-state index in [4.69, 9.17) is 0 Å². The summed E-state index contributed by atoms with van der Waals surface area (Å²) in [6.07, 6.45) is 0. The molecule has 0 spiro atoms. The molecule has 0 aliphatic rings. The molecule has 124 valence electrons. The molecule has 0 unspecified atom stereocenters. The molecule has 6 heteroatoms. The number of carbonyl (C=O) groups excluding carboxylic acids is 1. The zero-order chi connectivity index (χ0) is 17.3. The first-order valence-corrected chi connectivity index (χ1v) is 8.52. The quantitative estimate of drug-likeness (QED) is 0.793. The molecule has 0 aliphatic carbocycles. The van der Waals surface area contributed by atoms with E-state index in [1.165, 1.54) is 15.5 Å². The van der Waals surface area contributed by atoms with Crippen LogP contribution in [0.3, 0.4) is 0 Å². The second-order valence-corrected chi connectivity index (χ2v) is 6.91. The van der Waals surface area contributed by atoms with Crippen LogP contribution in [0.25, 0.3) is 10.2 Å². The summed E-state index contributed by atoms with van der Waals surface area (Å²) in [6.45, 7) is 6.28. The molecular formula is C18H19N3O2S. The SMILES string of the molecule is Cc1cc(C)c2c(=O)n(CC(=O)NCc3ccccc3C)sc2n1. The molecule has 2 heterocycles. The molecule has 5 nitrogen and oxygen atoms in total. The Kier molecular flexibility index (Phi) is 4.49. The summed E-state index contributed by atoms with van der Waals surface area (Å²) in [6, 6.07) is 9.79. The Bertz CT molecular complexity index is 972. The van der Waals surface area contributed by atoms with Gasteiger partial charge in [-0.05, 0) is 55.1 Å². The molecule has 0 radical (unpaired) electrons. The summed E-state index contributed by atoms with van der Waals surface area (Å²) in [5, 5.41) is 3.48. The second kappa shape index (κ2) is 6.57. The standard InChI is InChI=1S/C18H19N3O2S/c1-11-6-4-5-7-14(11)9-19-15(22)10-21-18(23)16-12(2)8-13(3)20-17(16)24-21/h4-8H,9-10H2,1-3H3,(H,19,22). The molecule has 2 aromatic heterocycles. The van der Waals surface area contributed by atoms with Gasteiger partial charge in [0.15, 0.2) is 0 Å². The van der Waals surface area contributed by atoms with Gasteiger partial charge in [0, 0.05) is 12.2 Å². The van der Waals surface area contributed by atoms with Crippen molar-refractivity contribution in [2.75, 3.05) is 0 Å². The van der Waals surface area contributed by atoms with Gasteiger partial charge in [-0.15, -0.1) is 0 Å². The van der Waals surface area contributed by atoms with Crippen LogP contribution in [0.2, 0.25) is 0 Å². The van der Waals surface area contributed by atoms with E-state index in [1.807, 2.05) is 51.1 Å². The maximum absolute atomic E-state index is 12.5. The van der Waals surface area contributed by atoms with Gasteiger partial charge in [0.2, 0.25) is 5.91 Å². The van der Waals surface area contributed by atoms with E-state index in [2.05, 4.69) is 10.3 Å². The fraction of sp³-hybridized carbons (Fsp3) is 0.278. The van der Waals surface area contributed by atoms with Crippen molar-refractivity contribution < 1.29 is 4.79 Å². The Morgan fingerprint density at radius 2 is 1.96 bits per heavy atom. The van der Waals surface area contributed by atoms with E-state index < -0.39 is 0 Å². The number of rotatable bonds is 4. The summed E-state index contributed by atoms with van der Waals surface area (Å²) in [7, 11) is 0. The van der Waals surface area contributed by atoms with Crippen molar-refractivity contribution in [2.45, 2.75) is 33.9 Å². The highest BCUT2D eigenvalue weighted by atomic mass is 32.1. The third-order valence-electron chi connectivity index (χ3n) is 3.97. The highest BCUT2D eigenvalue weighted by molar-refractivity contribution is 7.13. The Labute approximate surface area is 144 Å². The lowest BCUT2D eigenvalue weighted by atomic mass is 10.1. The van der Waals surface area contributed by atoms with Crippen LogP contribution in [0.1, 0.15) is 22.4 Å². The van der Waals surface area contributed by atoms with E-state index in [-0.39, 0.29) is 18.0 Å². The first-order valence-electron chi connectivity index (χ1n) is 7.75. The summed E-state index contributed by atoms with van der Waals surface area (Å²) in [5.74, 6) is -0.179. The van der Waals surface area contributed by atoms with Crippen LogP contribution >= 0.6 is 11.5 Å². The van der Waals surface area contributed by atoms with Gasteiger partial charge in [-0.2, -0.15) is 0 Å². The Hall–Kier alpha value is -2.47. The topological polar surface area (TPSA) is 64.0 Å². The average molecular weight is 341 g/mol. The van der Waals surface area contributed by atoms with Crippen molar-refractivity contribution >= 4 is 27.7 Å². The van der Waals surface area contributed by atoms with Crippen molar-refractivity contribution in [1.29, 1.82) is 0 Å². The first kappa shape index (κ1) is 16.4. The summed E-state index contributed by atoms with van der Waals surface area (Å²) >= 11 is 1.24. The van der Waals surface area contributed by atoms with E-state index in [9.17, 15) is 9.59 Å². The second-order valence-electron chi connectivity index (χ2n) is 5.90. The van der Waals surface area contributed by atoms with Gasteiger partial charge in [-0.25, -0.2) is 4.98 Å². The van der Waals surface area contributed by atoms with Crippen LogP contribution in [0.5, 0.6) is 0 Å². The first-order chi connectivity index (χ1) is 11.5. The molecule has 1 aromatic carbocycles. The molecule has 0 aliphatic heterocycles. The van der Waals surface area contributed by atoms with Gasteiger partial charge < -0.3 is 5.32 Å². The molecule has 1 amide bonds. The van der Waals surface area contributed by atoms with Gasteiger partial charge in [0.25, 0.3) is 5.56 Å². The highest BCUT2D eigenvalue weighted by Gasteiger charge is 2.14. The van der Waals surface area contributed by atoms with Crippen LogP contribution in [0.4, 0.5) is 0 Å². The third-order valence-corrected chi connectivity index (χ3v) is 4.96. The van der Waals surface area contributed by atoms with Gasteiger partial charge in [-0.1, -0.05) is 24.3 Å². The zero-order valence-electron chi connectivity index (χ0n) is 13.9. The third kappa shape index (κ3) is 3.23. The number of nitrogens with one attached hydrogen (secondary N) is 1. The highest BCUT2D eigenvalue weighted by Crippen LogP contribution is 2.18. The summed E-state index contributed by atoms with van der Waals surface area (Å²) in [4.78, 5) is 29.8. The van der Waals surface area contributed by atoms with Gasteiger partial charge in [0.05, 0.1) is 5.39 Å². The van der Waals surface area contributed by atoms with Crippen molar-refractivity contribution in [3.05, 3.63) is 63.1 Å². The van der Waals surface area contributed by atoms with Gasteiger partial charge in [-0.3, -0.25) is 13.5 Å². The minimum absolute atomic E-state index is 0.0181. The molecular weight excluding hydrogens is 322 g/mol. The number of hydrogen-bond donors (Lipinski definition) is 1. The van der Waals surface area contributed by atoms with E-state index >= 15 is 0 Å². The Morgan fingerprint density at radius 3 is 2.71 bits per heavy atom. The van der Waals surface area contributed by atoms with Crippen molar-refractivity contribution in [3.8, 4) is 0 Å². The Morgan fingerprint density at radius 1 is 1.21 bits per heavy atom. The average Bonchev–Trinajstić information content (AvgIpc) is 2.82. The van der Waals surface area contributed by atoms with Crippen molar-refractivity contribution in [1.82, 2.24) is 14.3 Å². The smallest absolute Gasteiger partial charge is 0.270 e. The number of aryl methyl sites for hydroxylation is 3. The molecule has 0 saturated carbocycles. The predicted molar refractivity (Wildman–Crippen MR) is 96.4 cm³/mol. The molecule has 0 fully saturated rings. The maximum atomic E-state index is 12.5. The molecule has 0 atom stereocenters. The number of benzene rings is 1. The number of nitrogens with zero attached hydrogens (tertiary/aromatic N) is 2. The minimum atomic E-state index is -0.179.